The SMILES string of the molecule is CCOC(=O)CC(=O)CC(O)C=Cc1c(C)nc(C)nc1-c1ccc(F)cc1. The number of carbonyl (C=O) groups is 2. The zero-order chi connectivity index (χ0) is 20.7. The Kier molecular flexibility index (Phi) is 7.52. The minimum Gasteiger partial charge on any atom is -0.466 e. The van der Waals surface area contributed by atoms with Gasteiger partial charge in [0, 0.05) is 23.2 Å². The van der Waals surface area contributed by atoms with Crippen LogP contribution in [0.1, 0.15) is 36.8 Å². The van der Waals surface area contributed by atoms with Gasteiger partial charge in [0.1, 0.15) is 23.8 Å². The van der Waals surface area contributed by atoms with Crippen LogP contribution in [0.5, 0.6) is 0 Å². The summed E-state index contributed by atoms with van der Waals surface area (Å²) in [5.41, 5.74) is 2.66. The van der Waals surface area contributed by atoms with Crippen LogP contribution in [0.3, 0.4) is 0 Å². The van der Waals surface area contributed by atoms with Gasteiger partial charge in [0.05, 0.1) is 18.4 Å². The van der Waals surface area contributed by atoms with Gasteiger partial charge in [-0.05, 0) is 45.0 Å². The second kappa shape index (κ2) is 9.85. The van der Waals surface area contributed by atoms with E-state index in [1.807, 2.05) is 0 Å². The largest absolute Gasteiger partial charge is 0.466 e. The van der Waals surface area contributed by atoms with E-state index in [0.717, 1.165) is 0 Å². The van der Waals surface area contributed by atoms with Crippen LogP contribution >= 0.6 is 0 Å². The van der Waals surface area contributed by atoms with Crippen LogP contribution in [0.2, 0.25) is 0 Å². The molecule has 1 aromatic carbocycles. The van der Waals surface area contributed by atoms with Gasteiger partial charge in [-0.15, -0.1) is 0 Å². The van der Waals surface area contributed by atoms with Crippen molar-refractivity contribution in [1.29, 1.82) is 0 Å². The van der Waals surface area contributed by atoms with Crippen LogP contribution < -0.4 is 0 Å². The van der Waals surface area contributed by atoms with Crippen LogP contribution in [-0.4, -0.2) is 39.5 Å². The van der Waals surface area contributed by atoms with Gasteiger partial charge in [0.15, 0.2) is 0 Å². The summed E-state index contributed by atoms with van der Waals surface area (Å²) in [7, 11) is 0. The maximum absolute atomic E-state index is 13.2. The molecule has 1 unspecified atom stereocenters. The average molecular weight is 386 g/mol. The second-order valence-corrected chi connectivity index (χ2v) is 6.28. The van der Waals surface area contributed by atoms with E-state index in [4.69, 9.17) is 4.74 Å². The molecule has 6 nitrogen and oxygen atoms in total. The third-order valence-corrected chi connectivity index (χ3v) is 3.93. The predicted molar refractivity (Wildman–Crippen MR) is 103 cm³/mol. The molecule has 0 aliphatic carbocycles. The molecule has 28 heavy (non-hydrogen) atoms. The number of carbonyl (C=O) groups excluding carboxylic acids is 2. The van der Waals surface area contributed by atoms with Crippen LogP contribution in [0.15, 0.2) is 30.3 Å². The Hall–Kier alpha value is -2.93. The number of aliphatic hydroxyl groups excluding tert-OH is 1. The number of ketones is 1. The molecule has 1 atom stereocenters. The van der Waals surface area contributed by atoms with Crippen molar-refractivity contribution >= 4 is 17.8 Å². The first-order valence-electron chi connectivity index (χ1n) is 8.95. The predicted octanol–water partition coefficient (Wildman–Crippen LogP) is 3.19. The van der Waals surface area contributed by atoms with Crippen LogP contribution in [-0.2, 0) is 14.3 Å². The number of aliphatic hydroxyl groups is 1. The number of esters is 1. The monoisotopic (exact) mass is 386 g/mol. The number of nitrogens with zero attached hydrogens (tertiary/aromatic N) is 2. The molecular weight excluding hydrogens is 363 g/mol. The molecule has 2 rings (SSSR count). The number of hydrogen-bond donors (Lipinski definition) is 1. The third kappa shape index (κ3) is 6.06. The lowest BCUT2D eigenvalue weighted by Crippen LogP contribution is -2.16. The molecule has 0 aliphatic heterocycles. The van der Waals surface area contributed by atoms with Gasteiger partial charge >= 0.3 is 5.97 Å². The first-order valence-corrected chi connectivity index (χ1v) is 8.95. The van der Waals surface area contributed by atoms with E-state index in [9.17, 15) is 19.1 Å². The Balaban J connectivity index is 2.19. The van der Waals surface area contributed by atoms with Crippen LogP contribution in [0.4, 0.5) is 4.39 Å². The topological polar surface area (TPSA) is 89.4 Å². The van der Waals surface area contributed by atoms with Gasteiger partial charge < -0.3 is 9.84 Å². The van der Waals surface area contributed by atoms with E-state index in [2.05, 4.69) is 9.97 Å². The fourth-order valence-corrected chi connectivity index (χ4v) is 2.70. The molecule has 0 saturated heterocycles. The molecule has 1 N–H and O–H groups in total. The summed E-state index contributed by atoms with van der Waals surface area (Å²) < 4.78 is 18.0. The number of benzene rings is 1. The minimum absolute atomic E-state index is 0.201. The fraction of sp³-hybridized carbons (Fsp3) is 0.333. The third-order valence-electron chi connectivity index (χ3n) is 3.93. The van der Waals surface area contributed by atoms with E-state index in [0.29, 0.717) is 28.3 Å². The average Bonchev–Trinajstić information content (AvgIpc) is 2.61. The van der Waals surface area contributed by atoms with E-state index in [-0.39, 0.29) is 25.3 Å². The van der Waals surface area contributed by atoms with Crippen molar-refractivity contribution in [1.82, 2.24) is 9.97 Å². The number of Topliss-reactive ketones (excluding diaryl/α,β-unsaturated/α-hetero) is 1. The maximum atomic E-state index is 13.2. The first-order chi connectivity index (χ1) is 13.3. The normalized spacial score (nSPS) is 12.2. The van der Waals surface area contributed by atoms with Crippen molar-refractivity contribution < 1.29 is 23.8 Å². The lowest BCUT2D eigenvalue weighted by molar-refractivity contribution is -0.145. The first kappa shape index (κ1) is 21.4. The molecule has 0 bridgehead atoms. The number of ether oxygens (including phenoxy) is 1. The van der Waals surface area contributed by atoms with E-state index >= 15 is 0 Å². The highest BCUT2D eigenvalue weighted by atomic mass is 19.1. The fourth-order valence-electron chi connectivity index (χ4n) is 2.70. The highest BCUT2D eigenvalue weighted by Crippen LogP contribution is 2.25. The van der Waals surface area contributed by atoms with E-state index in [1.165, 1.54) is 18.2 Å². The Morgan fingerprint density at radius 2 is 1.89 bits per heavy atom. The van der Waals surface area contributed by atoms with Crippen LogP contribution in [0.25, 0.3) is 17.3 Å². The van der Waals surface area contributed by atoms with Gasteiger partial charge in [0.2, 0.25) is 0 Å². The molecule has 1 heterocycles. The molecule has 0 fully saturated rings. The second-order valence-electron chi connectivity index (χ2n) is 6.28. The maximum Gasteiger partial charge on any atom is 0.313 e. The number of hydrogen-bond acceptors (Lipinski definition) is 6. The van der Waals surface area contributed by atoms with Crippen molar-refractivity contribution in [2.45, 2.75) is 39.7 Å². The van der Waals surface area contributed by atoms with Crippen LogP contribution in [0, 0.1) is 19.7 Å². The summed E-state index contributed by atoms with van der Waals surface area (Å²) in [5.74, 6) is -0.797. The zero-order valence-electron chi connectivity index (χ0n) is 16.1. The molecule has 0 radical (unpaired) electrons. The van der Waals surface area contributed by atoms with Gasteiger partial charge in [-0.2, -0.15) is 0 Å². The summed E-state index contributed by atoms with van der Waals surface area (Å²) in [5, 5.41) is 10.1. The van der Waals surface area contributed by atoms with Crippen molar-refractivity contribution in [3.63, 3.8) is 0 Å². The molecule has 0 spiro atoms. The highest BCUT2D eigenvalue weighted by molar-refractivity contribution is 5.95. The van der Waals surface area contributed by atoms with Gasteiger partial charge in [-0.3, -0.25) is 9.59 Å². The lowest BCUT2D eigenvalue weighted by Gasteiger charge is -2.11. The molecule has 2 aromatic rings. The summed E-state index contributed by atoms with van der Waals surface area (Å²) in [6.07, 6.45) is 1.45. The molecule has 0 amide bonds. The lowest BCUT2D eigenvalue weighted by atomic mass is 10.0. The summed E-state index contributed by atoms with van der Waals surface area (Å²) in [4.78, 5) is 31.9. The zero-order valence-corrected chi connectivity index (χ0v) is 16.1. The summed E-state index contributed by atoms with van der Waals surface area (Å²) in [6, 6.07) is 5.93. The number of aromatic nitrogens is 2. The van der Waals surface area contributed by atoms with E-state index in [1.54, 1.807) is 39.0 Å². The molecule has 148 valence electrons. The van der Waals surface area contributed by atoms with Crippen molar-refractivity contribution in [2.24, 2.45) is 0 Å². The van der Waals surface area contributed by atoms with Gasteiger partial charge in [-0.1, -0.05) is 12.2 Å². The van der Waals surface area contributed by atoms with E-state index < -0.39 is 17.9 Å². The van der Waals surface area contributed by atoms with Gasteiger partial charge in [-0.25, -0.2) is 14.4 Å². The molecule has 0 saturated carbocycles. The Bertz CT molecular complexity index is 879. The van der Waals surface area contributed by atoms with Crippen molar-refractivity contribution in [3.8, 4) is 11.3 Å². The quantitative estimate of drug-likeness (QED) is 0.554. The number of aryl methyl sites for hydroxylation is 2. The highest BCUT2D eigenvalue weighted by Gasteiger charge is 2.15. The van der Waals surface area contributed by atoms with Crippen molar-refractivity contribution in [3.05, 3.63) is 53.2 Å². The molecule has 0 aliphatic rings. The molecular formula is C21H23FN2O4. The van der Waals surface area contributed by atoms with Gasteiger partial charge in [0.25, 0.3) is 0 Å². The Morgan fingerprint density at radius 3 is 2.54 bits per heavy atom. The molecule has 1 aromatic heterocycles. The molecule has 7 heteroatoms. The Morgan fingerprint density at radius 1 is 1.21 bits per heavy atom. The minimum atomic E-state index is -1.07. The summed E-state index contributed by atoms with van der Waals surface area (Å²) in [6.45, 7) is 5.42. The Labute approximate surface area is 163 Å². The summed E-state index contributed by atoms with van der Waals surface area (Å²) >= 11 is 0. The number of halogens is 1. The van der Waals surface area contributed by atoms with Crippen molar-refractivity contribution in [2.75, 3.05) is 6.61 Å². The number of rotatable bonds is 8. The smallest absolute Gasteiger partial charge is 0.313 e. The standard InChI is InChI=1S/C21H23FN2O4/c1-4-28-20(27)12-18(26)11-17(25)9-10-19-13(2)23-14(3)24-21(19)15-5-7-16(22)8-6-15/h5-10,17,25H,4,11-12H2,1-3H3.